The van der Waals surface area contributed by atoms with Crippen molar-refractivity contribution < 1.29 is 23.7 Å². The highest BCUT2D eigenvalue weighted by molar-refractivity contribution is 5.56. The lowest BCUT2D eigenvalue weighted by atomic mass is 10.1. The molecule has 1 atom stereocenters. The third kappa shape index (κ3) is 2.19. The Labute approximate surface area is 93.6 Å². The van der Waals surface area contributed by atoms with Crippen molar-refractivity contribution in [1.82, 2.24) is 0 Å². The van der Waals surface area contributed by atoms with Gasteiger partial charge in [-0.3, -0.25) is 0 Å². The largest absolute Gasteiger partial charge is 0.493 e. The molecule has 0 aliphatic carbocycles. The van der Waals surface area contributed by atoms with Gasteiger partial charge in [0.15, 0.2) is 11.5 Å². The summed E-state index contributed by atoms with van der Waals surface area (Å²) >= 11 is 0. The zero-order chi connectivity index (χ0) is 12.1. The fourth-order valence-electron chi connectivity index (χ4n) is 1.47. The predicted octanol–water partition coefficient (Wildman–Crippen LogP) is 1.72. The molecule has 1 rings (SSSR count). The second-order valence-corrected chi connectivity index (χ2v) is 3.09. The number of hydrogen-bond donors (Lipinski definition) is 1. The first-order valence-corrected chi connectivity index (χ1v) is 4.72. The molecular weight excluding hydrogens is 215 g/mol. The summed E-state index contributed by atoms with van der Waals surface area (Å²) in [6.45, 7) is -0.883. The van der Waals surface area contributed by atoms with Gasteiger partial charge in [0.2, 0.25) is 5.75 Å². The Hall–Kier alpha value is -1.49. The van der Waals surface area contributed by atoms with Crippen LogP contribution in [0.4, 0.5) is 4.39 Å². The number of halogens is 1. The Morgan fingerprint density at radius 1 is 1.12 bits per heavy atom. The molecule has 1 aromatic carbocycles. The number of aliphatic hydroxyl groups excluding tert-OH is 1. The highest BCUT2D eigenvalue weighted by Crippen LogP contribution is 2.41. The van der Waals surface area contributed by atoms with Gasteiger partial charge in [-0.2, -0.15) is 0 Å². The smallest absolute Gasteiger partial charge is 0.203 e. The third-order valence-electron chi connectivity index (χ3n) is 2.24. The quantitative estimate of drug-likeness (QED) is 0.836. The minimum absolute atomic E-state index is 0.284. The first kappa shape index (κ1) is 12.6. The summed E-state index contributed by atoms with van der Waals surface area (Å²) in [4.78, 5) is 0. The van der Waals surface area contributed by atoms with E-state index in [2.05, 4.69) is 0 Å². The van der Waals surface area contributed by atoms with E-state index >= 15 is 0 Å². The van der Waals surface area contributed by atoms with Gasteiger partial charge in [-0.05, 0) is 12.1 Å². The maximum absolute atomic E-state index is 12.4. The van der Waals surface area contributed by atoms with Crippen molar-refractivity contribution in [1.29, 1.82) is 0 Å². The van der Waals surface area contributed by atoms with Gasteiger partial charge in [-0.25, -0.2) is 4.39 Å². The number of hydrogen-bond acceptors (Lipinski definition) is 4. The Morgan fingerprint density at radius 3 is 2.19 bits per heavy atom. The summed E-state index contributed by atoms with van der Waals surface area (Å²) in [7, 11) is 4.36. The van der Waals surface area contributed by atoms with Crippen LogP contribution in [0.1, 0.15) is 11.7 Å². The molecule has 1 N–H and O–H groups in total. The summed E-state index contributed by atoms with van der Waals surface area (Å²) in [6, 6.07) is 3.14. The lowest BCUT2D eigenvalue weighted by molar-refractivity contribution is 0.137. The molecule has 0 amide bonds. The van der Waals surface area contributed by atoms with Crippen molar-refractivity contribution in [2.24, 2.45) is 0 Å². The van der Waals surface area contributed by atoms with Gasteiger partial charge >= 0.3 is 0 Å². The van der Waals surface area contributed by atoms with Crippen molar-refractivity contribution in [2.75, 3.05) is 28.0 Å². The van der Waals surface area contributed by atoms with E-state index in [0.717, 1.165) is 0 Å². The van der Waals surface area contributed by atoms with Crippen LogP contribution in [-0.4, -0.2) is 33.1 Å². The van der Waals surface area contributed by atoms with Crippen LogP contribution in [-0.2, 0) is 0 Å². The van der Waals surface area contributed by atoms with E-state index in [1.807, 2.05) is 0 Å². The maximum atomic E-state index is 12.4. The molecule has 5 heteroatoms. The van der Waals surface area contributed by atoms with E-state index < -0.39 is 12.8 Å². The van der Waals surface area contributed by atoms with Gasteiger partial charge < -0.3 is 19.3 Å². The van der Waals surface area contributed by atoms with Gasteiger partial charge in [0.25, 0.3) is 0 Å². The monoisotopic (exact) mass is 230 g/mol. The molecular formula is C11H15FO4. The van der Waals surface area contributed by atoms with Gasteiger partial charge in [0.1, 0.15) is 12.8 Å². The maximum Gasteiger partial charge on any atom is 0.203 e. The van der Waals surface area contributed by atoms with Crippen LogP contribution in [0.15, 0.2) is 12.1 Å². The minimum atomic E-state index is -1.23. The highest BCUT2D eigenvalue weighted by Gasteiger charge is 2.20. The van der Waals surface area contributed by atoms with Crippen LogP contribution in [0.5, 0.6) is 17.2 Å². The second-order valence-electron chi connectivity index (χ2n) is 3.09. The van der Waals surface area contributed by atoms with E-state index in [1.54, 1.807) is 12.1 Å². The lowest BCUT2D eigenvalue weighted by Crippen LogP contribution is -2.04. The molecule has 0 aromatic heterocycles. The average molecular weight is 230 g/mol. The van der Waals surface area contributed by atoms with Crippen molar-refractivity contribution in [3.05, 3.63) is 17.7 Å². The van der Waals surface area contributed by atoms with Crippen molar-refractivity contribution in [3.63, 3.8) is 0 Å². The van der Waals surface area contributed by atoms with Crippen LogP contribution in [0.25, 0.3) is 0 Å². The molecule has 90 valence electrons. The molecule has 0 heterocycles. The molecule has 4 nitrogen and oxygen atoms in total. The van der Waals surface area contributed by atoms with E-state index in [-0.39, 0.29) is 5.75 Å². The van der Waals surface area contributed by atoms with E-state index in [4.69, 9.17) is 14.2 Å². The molecule has 0 radical (unpaired) electrons. The van der Waals surface area contributed by atoms with Gasteiger partial charge in [0, 0.05) is 5.56 Å². The highest BCUT2D eigenvalue weighted by atomic mass is 19.1. The molecule has 0 aliphatic heterocycles. The Bertz CT molecular complexity index is 354. The Morgan fingerprint density at radius 2 is 1.75 bits per heavy atom. The van der Waals surface area contributed by atoms with Crippen LogP contribution in [0.3, 0.4) is 0 Å². The van der Waals surface area contributed by atoms with Crippen LogP contribution >= 0.6 is 0 Å². The second kappa shape index (κ2) is 5.55. The van der Waals surface area contributed by atoms with E-state index in [9.17, 15) is 9.50 Å². The molecule has 0 fully saturated rings. The van der Waals surface area contributed by atoms with Crippen molar-refractivity contribution in [2.45, 2.75) is 6.10 Å². The number of alkyl halides is 1. The fourth-order valence-corrected chi connectivity index (χ4v) is 1.47. The fraction of sp³-hybridized carbons (Fsp3) is 0.455. The van der Waals surface area contributed by atoms with E-state index in [0.29, 0.717) is 17.1 Å². The molecule has 0 bridgehead atoms. The van der Waals surface area contributed by atoms with Crippen LogP contribution in [0, 0.1) is 0 Å². The summed E-state index contributed by atoms with van der Waals surface area (Å²) < 4.78 is 27.7. The summed E-state index contributed by atoms with van der Waals surface area (Å²) in [5, 5.41) is 9.47. The zero-order valence-corrected chi connectivity index (χ0v) is 9.49. The Kier molecular flexibility index (Phi) is 4.37. The van der Waals surface area contributed by atoms with E-state index in [1.165, 1.54) is 21.3 Å². The zero-order valence-electron chi connectivity index (χ0n) is 9.49. The first-order chi connectivity index (χ1) is 7.69. The van der Waals surface area contributed by atoms with Gasteiger partial charge in [-0.1, -0.05) is 0 Å². The summed E-state index contributed by atoms with van der Waals surface area (Å²) in [5.74, 6) is 1.09. The topological polar surface area (TPSA) is 47.9 Å². The SMILES string of the molecule is COc1ccc(C(O)CF)c(OC)c1OC. The number of rotatable bonds is 5. The molecule has 1 aromatic rings. The van der Waals surface area contributed by atoms with Gasteiger partial charge in [-0.15, -0.1) is 0 Å². The molecule has 1 unspecified atom stereocenters. The number of benzene rings is 1. The normalized spacial score (nSPS) is 12.1. The standard InChI is InChI=1S/C11H15FO4/c1-14-9-5-4-7(8(13)6-12)10(15-2)11(9)16-3/h4-5,8,13H,6H2,1-3H3. The predicted molar refractivity (Wildman–Crippen MR) is 57.0 cm³/mol. The first-order valence-electron chi connectivity index (χ1n) is 4.72. The van der Waals surface area contributed by atoms with Crippen molar-refractivity contribution >= 4 is 0 Å². The summed E-state index contributed by atoms with van der Waals surface area (Å²) in [5.41, 5.74) is 0.336. The molecule has 0 aliphatic rings. The van der Waals surface area contributed by atoms with Crippen LogP contribution in [0.2, 0.25) is 0 Å². The number of aliphatic hydroxyl groups is 1. The molecule has 0 spiro atoms. The van der Waals surface area contributed by atoms with Gasteiger partial charge in [0.05, 0.1) is 21.3 Å². The molecule has 16 heavy (non-hydrogen) atoms. The van der Waals surface area contributed by atoms with Crippen LogP contribution < -0.4 is 14.2 Å². The number of ether oxygens (including phenoxy) is 3. The summed E-state index contributed by atoms with van der Waals surface area (Å²) in [6.07, 6.45) is -1.23. The minimum Gasteiger partial charge on any atom is -0.493 e. The number of methoxy groups -OCH3 is 3. The molecule has 0 saturated carbocycles. The Balaban J connectivity index is 3.31. The molecule has 0 saturated heterocycles. The average Bonchev–Trinajstić information content (AvgIpc) is 2.35. The lowest BCUT2D eigenvalue weighted by Gasteiger charge is -2.17. The van der Waals surface area contributed by atoms with Crippen molar-refractivity contribution in [3.8, 4) is 17.2 Å². The third-order valence-corrected chi connectivity index (χ3v) is 2.24.